The molecule has 3 rings (SSSR count). The number of benzene rings is 1. The molecule has 1 saturated heterocycles. The number of nitrogens with one attached hydrogen (secondary N) is 3. The molecule has 29 heavy (non-hydrogen) atoms. The van der Waals surface area contributed by atoms with E-state index in [1.807, 2.05) is 19.9 Å². The molecule has 1 fully saturated rings. The van der Waals surface area contributed by atoms with Crippen LogP contribution in [0.1, 0.15) is 25.8 Å². The maximum Gasteiger partial charge on any atom is 0.328 e. The summed E-state index contributed by atoms with van der Waals surface area (Å²) < 4.78 is 15.6. The van der Waals surface area contributed by atoms with Crippen LogP contribution in [0.5, 0.6) is 11.5 Å². The Morgan fingerprint density at radius 1 is 1.10 bits per heavy atom. The van der Waals surface area contributed by atoms with E-state index in [4.69, 9.17) is 14.2 Å². The third kappa shape index (κ3) is 6.08. The van der Waals surface area contributed by atoms with Crippen molar-refractivity contribution in [2.45, 2.75) is 32.9 Å². The van der Waals surface area contributed by atoms with Crippen LogP contribution in [-0.4, -0.2) is 64.5 Å². The average molecular weight is 408 g/mol. The van der Waals surface area contributed by atoms with Crippen molar-refractivity contribution < 1.29 is 33.6 Å². The summed E-state index contributed by atoms with van der Waals surface area (Å²) in [5, 5.41) is 2.85. The van der Waals surface area contributed by atoms with Crippen molar-refractivity contribution in [3.8, 4) is 11.5 Å². The number of quaternary nitrogens is 2. The van der Waals surface area contributed by atoms with Crippen LogP contribution in [-0.2, 0) is 20.9 Å². The van der Waals surface area contributed by atoms with Gasteiger partial charge in [0, 0.05) is 5.56 Å². The van der Waals surface area contributed by atoms with Crippen molar-refractivity contribution >= 4 is 11.9 Å². The van der Waals surface area contributed by atoms with Gasteiger partial charge in [-0.2, -0.15) is 0 Å². The number of piperazine rings is 1. The van der Waals surface area contributed by atoms with Crippen LogP contribution in [0, 0.1) is 5.92 Å². The molecule has 1 amide bonds. The van der Waals surface area contributed by atoms with Gasteiger partial charge < -0.3 is 29.3 Å². The minimum absolute atomic E-state index is 0.0877. The Bertz CT molecular complexity index is 716. The molecule has 0 bridgehead atoms. The van der Waals surface area contributed by atoms with Crippen molar-refractivity contribution in [2.75, 3.05) is 46.6 Å². The number of rotatable bonds is 8. The Morgan fingerprint density at radius 3 is 2.48 bits per heavy atom. The maximum atomic E-state index is 12.4. The van der Waals surface area contributed by atoms with E-state index in [9.17, 15) is 9.59 Å². The molecule has 0 spiro atoms. The monoisotopic (exact) mass is 407 g/mol. The topological polar surface area (TPSA) is 82.7 Å². The number of hydrogen-bond acceptors (Lipinski definition) is 5. The van der Waals surface area contributed by atoms with Crippen LogP contribution in [0.15, 0.2) is 18.2 Å². The molecular weight excluding hydrogens is 374 g/mol. The number of carbonyl (C=O) groups excluding carboxylic acids is 2. The highest BCUT2D eigenvalue weighted by molar-refractivity contribution is 5.84. The van der Waals surface area contributed by atoms with Crippen LogP contribution >= 0.6 is 0 Å². The van der Waals surface area contributed by atoms with Crippen LogP contribution < -0.4 is 24.6 Å². The number of ether oxygens (including phenoxy) is 3. The summed E-state index contributed by atoms with van der Waals surface area (Å²) >= 11 is 0. The Kier molecular flexibility index (Phi) is 7.33. The van der Waals surface area contributed by atoms with Gasteiger partial charge in [0.15, 0.2) is 18.0 Å². The molecule has 2 aliphatic heterocycles. The molecule has 8 heteroatoms. The highest BCUT2D eigenvalue weighted by Gasteiger charge is 2.28. The van der Waals surface area contributed by atoms with Gasteiger partial charge >= 0.3 is 5.97 Å². The summed E-state index contributed by atoms with van der Waals surface area (Å²) in [6.07, 6.45) is 0.585. The van der Waals surface area contributed by atoms with Gasteiger partial charge in [-0.1, -0.05) is 13.8 Å². The molecule has 0 unspecified atom stereocenters. The highest BCUT2D eigenvalue weighted by atomic mass is 16.7. The zero-order valence-corrected chi connectivity index (χ0v) is 17.6. The minimum atomic E-state index is -0.565. The lowest BCUT2D eigenvalue weighted by atomic mass is 10.0. The Morgan fingerprint density at radius 2 is 1.79 bits per heavy atom. The van der Waals surface area contributed by atoms with Gasteiger partial charge in [0.25, 0.3) is 5.91 Å². The normalized spacial score (nSPS) is 21.7. The largest absolute Gasteiger partial charge is 0.467 e. The van der Waals surface area contributed by atoms with Crippen LogP contribution in [0.3, 0.4) is 0 Å². The molecule has 8 nitrogen and oxygen atoms in total. The van der Waals surface area contributed by atoms with Gasteiger partial charge in [0.2, 0.25) is 6.79 Å². The van der Waals surface area contributed by atoms with Gasteiger partial charge in [-0.15, -0.1) is 0 Å². The first kappa shape index (κ1) is 21.4. The average Bonchev–Trinajstić information content (AvgIpc) is 3.16. The predicted molar refractivity (Wildman–Crippen MR) is 106 cm³/mol. The lowest BCUT2D eigenvalue weighted by Gasteiger charge is -2.29. The molecule has 160 valence electrons. The van der Waals surface area contributed by atoms with E-state index in [-0.39, 0.29) is 11.9 Å². The van der Waals surface area contributed by atoms with E-state index in [0.717, 1.165) is 44.2 Å². The molecule has 1 aromatic carbocycles. The number of amides is 1. The summed E-state index contributed by atoms with van der Waals surface area (Å²) in [6, 6.07) is 5.56. The molecule has 0 aliphatic carbocycles. The molecule has 0 aromatic heterocycles. The van der Waals surface area contributed by atoms with Crippen LogP contribution in [0.4, 0.5) is 0 Å². The zero-order valence-electron chi connectivity index (χ0n) is 17.6. The van der Waals surface area contributed by atoms with E-state index in [0.29, 0.717) is 25.7 Å². The molecule has 2 aliphatic rings. The Hall–Kier alpha value is -2.32. The first-order valence-corrected chi connectivity index (χ1v) is 10.4. The fourth-order valence-corrected chi connectivity index (χ4v) is 3.95. The second-order valence-electron chi connectivity index (χ2n) is 8.31. The van der Waals surface area contributed by atoms with Crippen LogP contribution in [0.2, 0.25) is 0 Å². The fraction of sp³-hybridized carbons (Fsp3) is 0.619. The molecule has 1 atom stereocenters. The van der Waals surface area contributed by atoms with E-state index in [2.05, 4.69) is 17.4 Å². The molecule has 0 radical (unpaired) electrons. The van der Waals surface area contributed by atoms with Crippen molar-refractivity contribution in [2.24, 2.45) is 5.92 Å². The fourth-order valence-electron chi connectivity index (χ4n) is 3.95. The number of methoxy groups -OCH3 is 1. The third-order valence-corrected chi connectivity index (χ3v) is 5.49. The number of hydrogen-bond donors (Lipinski definition) is 3. The second-order valence-corrected chi connectivity index (χ2v) is 8.31. The lowest BCUT2D eigenvalue weighted by molar-refractivity contribution is -1.02. The summed E-state index contributed by atoms with van der Waals surface area (Å²) in [6.45, 7) is 9.54. The summed E-state index contributed by atoms with van der Waals surface area (Å²) in [5.41, 5.74) is 1.24. The minimum Gasteiger partial charge on any atom is -0.467 e. The number of fused-ring (bicyclic) bond motifs is 1. The summed E-state index contributed by atoms with van der Waals surface area (Å²) in [4.78, 5) is 27.1. The third-order valence-electron chi connectivity index (χ3n) is 5.49. The Balaban J connectivity index is 1.43. The van der Waals surface area contributed by atoms with E-state index >= 15 is 0 Å². The Labute approximate surface area is 172 Å². The van der Waals surface area contributed by atoms with Crippen molar-refractivity contribution in [1.29, 1.82) is 0 Å². The molecule has 0 saturated carbocycles. The first-order valence-electron chi connectivity index (χ1n) is 10.4. The van der Waals surface area contributed by atoms with Crippen molar-refractivity contribution in [3.63, 3.8) is 0 Å². The van der Waals surface area contributed by atoms with Gasteiger partial charge in [-0.05, 0) is 30.5 Å². The number of carbonyl (C=O) groups is 2. The molecule has 3 N–H and O–H groups in total. The molecule has 2 heterocycles. The quantitative estimate of drug-likeness (QED) is 0.453. The van der Waals surface area contributed by atoms with E-state index < -0.39 is 6.04 Å². The summed E-state index contributed by atoms with van der Waals surface area (Å²) in [7, 11) is 1.36. The van der Waals surface area contributed by atoms with Crippen molar-refractivity contribution in [3.05, 3.63) is 23.8 Å². The van der Waals surface area contributed by atoms with Gasteiger partial charge in [0.1, 0.15) is 38.8 Å². The lowest BCUT2D eigenvalue weighted by Crippen LogP contribution is -3.28. The predicted octanol–water partition coefficient (Wildman–Crippen LogP) is -1.60. The standard InChI is InChI=1S/C21H31N3O5/c1-15(2)10-17(21(26)27-3)22-20(25)13-24-8-6-23(7-9-24)12-16-4-5-18-19(11-16)29-14-28-18/h4-5,11,15,17H,6-10,12-14H2,1-3H3,(H,22,25)/p+2/t17-/m1/s1. The smallest absolute Gasteiger partial charge is 0.328 e. The molecular formula is C21H33N3O5+2. The van der Waals surface area contributed by atoms with E-state index in [1.54, 1.807) is 0 Å². The SMILES string of the molecule is COC(=O)[C@@H](CC(C)C)NC(=O)C[NH+]1CC[NH+](Cc2ccc3c(c2)OCO3)CC1. The van der Waals surface area contributed by atoms with Gasteiger partial charge in [-0.25, -0.2) is 4.79 Å². The van der Waals surface area contributed by atoms with Gasteiger partial charge in [0.05, 0.1) is 7.11 Å². The molecule has 1 aromatic rings. The van der Waals surface area contributed by atoms with Gasteiger partial charge in [-0.3, -0.25) is 4.79 Å². The van der Waals surface area contributed by atoms with Crippen LogP contribution in [0.25, 0.3) is 0 Å². The second kappa shape index (κ2) is 9.93. The first-order chi connectivity index (χ1) is 13.9. The van der Waals surface area contributed by atoms with Crippen molar-refractivity contribution in [1.82, 2.24) is 5.32 Å². The maximum absolute atomic E-state index is 12.4. The summed E-state index contributed by atoms with van der Waals surface area (Å²) in [5.74, 6) is 1.47. The number of esters is 1. The zero-order chi connectivity index (χ0) is 20.8. The van der Waals surface area contributed by atoms with E-state index in [1.165, 1.54) is 22.5 Å². The highest BCUT2D eigenvalue weighted by Crippen LogP contribution is 2.32.